The van der Waals surface area contributed by atoms with Crippen LogP contribution in [0.25, 0.3) is 0 Å². The van der Waals surface area contributed by atoms with Gasteiger partial charge in [0.25, 0.3) is 0 Å². The average Bonchev–Trinajstić information content (AvgIpc) is 2.14. The van der Waals surface area contributed by atoms with E-state index in [1.165, 1.54) is 0 Å². The predicted molar refractivity (Wildman–Crippen MR) is 27.8 cm³/mol. The molecule has 1 heterocycles. The Morgan fingerprint density at radius 3 is 2.67 bits per heavy atom. The van der Waals surface area contributed by atoms with E-state index in [4.69, 9.17) is 5.11 Å². The smallest absolute Gasteiger partial charge is 0.328 e. The van der Waals surface area contributed by atoms with Crippen molar-refractivity contribution in [2.24, 2.45) is 0 Å². The molecule has 1 radical (unpaired) electrons. The van der Waals surface area contributed by atoms with Crippen LogP contribution in [-0.4, -0.2) is 23.0 Å². The third-order valence-electron chi connectivity index (χ3n) is 1.22. The Morgan fingerprint density at radius 1 is 1.78 bits per heavy atom. The molecule has 0 saturated carbocycles. The summed E-state index contributed by atoms with van der Waals surface area (Å²) in [6, 6.07) is -0.766. The van der Waals surface area contributed by atoms with E-state index in [1.807, 2.05) is 0 Å². The van der Waals surface area contributed by atoms with Gasteiger partial charge in [-0.1, -0.05) is 0 Å². The summed E-state index contributed by atoms with van der Waals surface area (Å²) >= 11 is 0. The molecule has 1 fully saturated rings. The van der Waals surface area contributed by atoms with Gasteiger partial charge in [0.2, 0.25) is 5.91 Å². The van der Waals surface area contributed by atoms with Gasteiger partial charge in [-0.3, -0.25) is 4.79 Å². The number of nitrogens with zero attached hydrogens (tertiary/aromatic N) is 1. The quantitative estimate of drug-likeness (QED) is 0.511. The van der Waals surface area contributed by atoms with Gasteiger partial charge in [-0.15, -0.1) is 0 Å². The van der Waals surface area contributed by atoms with E-state index in [9.17, 15) is 9.59 Å². The molecule has 1 aliphatic heterocycles. The molecule has 1 N–H and O–H groups in total. The summed E-state index contributed by atoms with van der Waals surface area (Å²) in [6.45, 7) is 0. The number of amides is 1. The van der Waals surface area contributed by atoms with Gasteiger partial charge in [0.05, 0.1) is 0 Å². The molecular weight excluding hydrogens is 122 g/mol. The normalized spacial score (nSPS) is 25.8. The second-order valence-corrected chi connectivity index (χ2v) is 1.92. The molecule has 1 saturated heterocycles. The van der Waals surface area contributed by atoms with Crippen molar-refractivity contribution in [2.75, 3.05) is 0 Å². The number of carboxylic acids is 1. The molecule has 1 aliphatic rings. The van der Waals surface area contributed by atoms with Crippen LogP contribution in [0.4, 0.5) is 0 Å². The zero-order valence-corrected chi connectivity index (χ0v) is 4.70. The van der Waals surface area contributed by atoms with Gasteiger partial charge in [0.1, 0.15) is 0 Å². The molecule has 0 aromatic rings. The first-order chi connectivity index (χ1) is 4.20. The summed E-state index contributed by atoms with van der Waals surface area (Å²) in [4.78, 5) is 20.4. The molecule has 1 amide bonds. The molecule has 1 unspecified atom stereocenters. The minimum atomic E-state index is -0.999. The van der Waals surface area contributed by atoms with Crippen LogP contribution in [-0.2, 0) is 9.59 Å². The SMILES string of the molecule is O=C1CCC(C(=O)O)[N]1. The summed E-state index contributed by atoms with van der Waals surface area (Å²) in [5, 5.41) is 11.6. The van der Waals surface area contributed by atoms with Gasteiger partial charge < -0.3 is 5.11 Å². The molecule has 1 rings (SSSR count). The highest BCUT2D eigenvalue weighted by molar-refractivity contribution is 5.86. The first-order valence-corrected chi connectivity index (χ1v) is 2.66. The first-order valence-electron chi connectivity index (χ1n) is 2.66. The Hall–Kier alpha value is -1.06. The Bertz CT molecular complexity index is 154. The molecule has 0 aromatic carbocycles. The number of rotatable bonds is 1. The van der Waals surface area contributed by atoms with E-state index >= 15 is 0 Å². The second kappa shape index (κ2) is 2.05. The largest absolute Gasteiger partial charge is 0.480 e. The van der Waals surface area contributed by atoms with Gasteiger partial charge in [0, 0.05) is 6.42 Å². The molecule has 0 aliphatic carbocycles. The Kier molecular flexibility index (Phi) is 1.38. The summed E-state index contributed by atoms with van der Waals surface area (Å²) in [7, 11) is 0. The molecule has 0 aromatic heterocycles. The molecular formula is C5H6NO3. The Balaban J connectivity index is 2.48. The number of hydrogen-bond acceptors (Lipinski definition) is 2. The second-order valence-electron chi connectivity index (χ2n) is 1.92. The number of aliphatic carboxylic acids is 1. The fraction of sp³-hybridized carbons (Fsp3) is 0.600. The third-order valence-corrected chi connectivity index (χ3v) is 1.22. The molecule has 4 heteroatoms. The first kappa shape index (κ1) is 6.07. The lowest BCUT2D eigenvalue weighted by Crippen LogP contribution is -2.26. The minimum absolute atomic E-state index is 0.289. The van der Waals surface area contributed by atoms with Crippen molar-refractivity contribution >= 4 is 11.9 Å². The fourth-order valence-electron chi connectivity index (χ4n) is 0.742. The maximum Gasteiger partial charge on any atom is 0.328 e. The van der Waals surface area contributed by atoms with Crippen LogP contribution >= 0.6 is 0 Å². The highest BCUT2D eigenvalue weighted by Crippen LogP contribution is 2.07. The molecule has 4 nitrogen and oxygen atoms in total. The zero-order valence-electron chi connectivity index (χ0n) is 4.70. The van der Waals surface area contributed by atoms with Crippen LogP contribution in [0.15, 0.2) is 0 Å². The summed E-state index contributed by atoms with van der Waals surface area (Å²) in [5.74, 6) is -1.29. The van der Waals surface area contributed by atoms with Gasteiger partial charge in [-0.2, -0.15) is 0 Å². The van der Waals surface area contributed by atoms with Crippen LogP contribution < -0.4 is 5.32 Å². The molecule has 49 valence electrons. The standard InChI is InChI=1S/C5H6NO3/c7-4-2-1-3(6-4)5(8)9/h3H,1-2H2,(H,8,9). The third kappa shape index (κ3) is 1.19. The van der Waals surface area contributed by atoms with E-state index in [-0.39, 0.29) is 12.3 Å². The van der Waals surface area contributed by atoms with Gasteiger partial charge >= 0.3 is 5.97 Å². The van der Waals surface area contributed by atoms with Gasteiger partial charge in [-0.05, 0) is 6.42 Å². The molecule has 0 spiro atoms. The van der Waals surface area contributed by atoms with Crippen molar-refractivity contribution in [3.63, 3.8) is 0 Å². The Morgan fingerprint density at radius 2 is 2.44 bits per heavy atom. The van der Waals surface area contributed by atoms with E-state index < -0.39 is 12.0 Å². The van der Waals surface area contributed by atoms with Crippen molar-refractivity contribution in [3.05, 3.63) is 0 Å². The lowest BCUT2D eigenvalue weighted by molar-refractivity contribution is -0.140. The van der Waals surface area contributed by atoms with Gasteiger partial charge in [-0.25, -0.2) is 10.1 Å². The monoisotopic (exact) mass is 128 g/mol. The fourth-order valence-corrected chi connectivity index (χ4v) is 0.742. The van der Waals surface area contributed by atoms with Crippen LogP contribution in [0.3, 0.4) is 0 Å². The van der Waals surface area contributed by atoms with Crippen LogP contribution in [0.5, 0.6) is 0 Å². The van der Waals surface area contributed by atoms with E-state index in [0.29, 0.717) is 6.42 Å². The summed E-state index contributed by atoms with van der Waals surface area (Å²) < 4.78 is 0. The van der Waals surface area contributed by atoms with Gasteiger partial charge in [0.15, 0.2) is 6.04 Å². The van der Waals surface area contributed by atoms with E-state index in [1.54, 1.807) is 0 Å². The molecule has 1 atom stereocenters. The predicted octanol–water partition coefficient (Wildman–Crippen LogP) is -0.636. The number of carbonyl (C=O) groups excluding carboxylic acids is 1. The highest BCUT2D eigenvalue weighted by atomic mass is 16.4. The van der Waals surface area contributed by atoms with Crippen molar-refractivity contribution < 1.29 is 14.7 Å². The van der Waals surface area contributed by atoms with E-state index in [0.717, 1.165) is 0 Å². The summed E-state index contributed by atoms with van der Waals surface area (Å²) in [6.07, 6.45) is 0.658. The van der Waals surface area contributed by atoms with Crippen molar-refractivity contribution in [3.8, 4) is 0 Å². The van der Waals surface area contributed by atoms with Crippen LogP contribution in [0.2, 0.25) is 0 Å². The lowest BCUT2D eigenvalue weighted by atomic mass is 10.2. The molecule has 0 bridgehead atoms. The number of hydrogen-bond donors (Lipinski definition) is 1. The zero-order chi connectivity index (χ0) is 6.85. The maximum atomic E-state index is 10.3. The summed E-state index contributed by atoms with van der Waals surface area (Å²) in [5.41, 5.74) is 0. The number of carboxylic acid groups (broad SMARTS) is 1. The van der Waals surface area contributed by atoms with Crippen LogP contribution in [0, 0.1) is 0 Å². The van der Waals surface area contributed by atoms with Crippen molar-refractivity contribution in [2.45, 2.75) is 18.9 Å². The lowest BCUT2D eigenvalue weighted by Gasteiger charge is -1.96. The minimum Gasteiger partial charge on any atom is -0.480 e. The maximum absolute atomic E-state index is 10.3. The van der Waals surface area contributed by atoms with Crippen molar-refractivity contribution in [1.29, 1.82) is 0 Å². The average molecular weight is 128 g/mol. The van der Waals surface area contributed by atoms with E-state index in [2.05, 4.69) is 5.32 Å². The topological polar surface area (TPSA) is 68.5 Å². The molecule has 9 heavy (non-hydrogen) atoms. The van der Waals surface area contributed by atoms with Crippen LogP contribution in [0.1, 0.15) is 12.8 Å². The highest BCUT2D eigenvalue weighted by Gasteiger charge is 2.28. The number of carbonyl (C=O) groups is 2. The van der Waals surface area contributed by atoms with Crippen molar-refractivity contribution in [1.82, 2.24) is 5.32 Å². The Labute approximate surface area is 51.9 Å².